The highest BCUT2D eigenvalue weighted by atomic mass is 35.5. The molecule has 0 fully saturated rings. The molecular weight excluding hydrogens is 322 g/mol. The van der Waals surface area contributed by atoms with Gasteiger partial charge in [-0.3, -0.25) is 0 Å². The lowest BCUT2D eigenvalue weighted by Gasteiger charge is -2.39. The molecule has 4 rings (SSSR count). The fraction of sp³-hybridized carbons (Fsp3) is 0.300. The predicted octanol–water partition coefficient (Wildman–Crippen LogP) is 5.18. The van der Waals surface area contributed by atoms with Crippen LogP contribution in [0.25, 0.3) is 0 Å². The average Bonchev–Trinajstić information content (AvgIpc) is 3.10. The Balaban J connectivity index is 1.88. The van der Waals surface area contributed by atoms with Crippen LogP contribution in [0.4, 0.5) is 5.69 Å². The van der Waals surface area contributed by atoms with Crippen molar-refractivity contribution in [1.29, 1.82) is 0 Å². The largest absolute Gasteiger partial charge is 0.496 e. The quantitative estimate of drug-likeness (QED) is 0.780. The first kappa shape index (κ1) is 15.4. The first-order valence-electron chi connectivity index (χ1n) is 8.17. The highest BCUT2D eigenvalue weighted by Crippen LogP contribution is 2.55. The fourth-order valence-electron chi connectivity index (χ4n) is 4.03. The van der Waals surface area contributed by atoms with E-state index in [0.717, 1.165) is 34.2 Å². The summed E-state index contributed by atoms with van der Waals surface area (Å²) in [7, 11) is 3.42. The molecule has 3 atom stereocenters. The molecule has 0 spiro atoms. The Morgan fingerprint density at radius 2 is 1.79 bits per heavy atom. The van der Waals surface area contributed by atoms with Crippen LogP contribution in [0.15, 0.2) is 48.6 Å². The molecule has 2 aromatic rings. The zero-order chi connectivity index (χ0) is 16.7. The molecule has 4 heteroatoms. The lowest BCUT2D eigenvalue weighted by Crippen LogP contribution is -2.30. The van der Waals surface area contributed by atoms with E-state index in [9.17, 15) is 0 Å². The van der Waals surface area contributed by atoms with Gasteiger partial charge < -0.3 is 14.8 Å². The van der Waals surface area contributed by atoms with Crippen molar-refractivity contribution in [2.24, 2.45) is 5.92 Å². The summed E-state index contributed by atoms with van der Waals surface area (Å²) >= 11 is 6.49. The van der Waals surface area contributed by atoms with Gasteiger partial charge in [-0.25, -0.2) is 0 Å². The third-order valence-electron chi connectivity index (χ3n) is 5.12. The third kappa shape index (κ3) is 2.27. The van der Waals surface area contributed by atoms with E-state index in [4.69, 9.17) is 21.1 Å². The molecule has 1 aliphatic heterocycles. The van der Waals surface area contributed by atoms with Crippen molar-refractivity contribution in [2.45, 2.75) is 18.4 Å². The molecule has 2 aliphatic rings. The van der Waals surface area contributed by atoms with Crippen LogP contribution in [0, 0.1) is 5.92 Å². The Morgan fingerprint density at radius 1 is 1.04 bits per heavy atom. The minimum absolute atomic E-state index is 0.146. The molecule has 0 aromatic heterocycles. The second kappa shape index (κ2) is 6.06. The normalized spacial score (nSPS) is 24.0. The first-order chi connectivity index (χ1) is 11.7. The fourth-order valence-corrected chi connectivity index (χ4v) is 4.29. The van der Waals surface area contributed by atoms with Gasteiger partial charge in [0.15, 0.2) is 0 Å². The number of allylic oxidation sites excluding steroid dienone is 2. The molecule has 0 saturated heterocycles. The zero-order valence-corrected chi connectivity index (χ0v) is 14.5. The van der Waals surface area contributed by atoms with Gasteiger partial charge in [0, 0.05) is 16.5 Å². The molecule has 0 radical (unpaired) electrons. The Bertz CT molecular complexity index is 802. The summed E-state index contributed by atoms with van der Waals surface area (Å²) < 4.78 is 11.2. The van der Waals surface area contributed by atoms with E-state index in [0.29, 0.717) is 11.8 Å². The van der Waals surface area contributed by atoms with E-state index in [1.54, 1.807) is 14.2 Å². The van der Waals surface area contributed by atoms with Crippen molar-refractivity contribution >= 4 is 17.3 Å². The molecule has 2 aromatic carbocycles. The number of anilines is 1. The lowest BCUT2D eigenvalue weighted by molar-refractivity contribution is 0.371. The topological polar surface area (TPSA) is 30.5 Å². The highest BCUT2D eigenvalue weighted by Gasteiger charge is 2.41. The second-order valence-corrected chi connectivity index (χ2v) is 6.66. The summed E-state index contributed by atoms with van der Waals surface area (Å²) in [5.41, 5.74) is 3.32. The van der Waals surface area contributed by atoms with Crippen molar-refractivity contribution in [3.05, 3.63) is 64.7 Å². The Kier molecular flexibility index (Phi) is 3.89. The molecule has 0 bridgehead atoms. The molecule has 24 heavy (non-hydrogen) atoms. The van der Waals surface area contributed by atoms with Crippen molar-refractivity contribution < 1.29 is 9.47 Å². The maximum atomic E-state index is 6.49. The number of rotatable bonds is 3. The van der Waals surface area contributed by atoms with E-state index >= 15 is 0 Å². The number of nitrogens with one attached hydrogen (secondary N) is 1. The van der Waals surface area contributed by atoms with Crippen LogP contribution in [-0.4, -0.2) is 14.2 Å². The number of benzene rings is 2. The average molecular weight is 342 g/mol. The van der Waals surface area contributed by atoms with Gasteiger partial charge in [0.25, 0.3) is 0 Å². The minimum atomic E-state index is 0.146. The summed E-state index contributed by atoms with van der Waals surface area (Å²) in [5, 5.41) is 4.49. The Labute approximate surface area is 147 Å². The third-order valence-corrected chi connectivity index (χ3v) is 5.47. The van der Waals surface area contributed by atoms with Crippen molar-refractivity contribution in [3.8, 4) is 11.5 Å². The van der Waals surface area contributed by atoms with E-state index < -0.39 is 0 Å². The van der Waals surface area contributed by atoms with Gasteiger partial charge >= 0.3 is 0 Å². The molecule has 0 amide bonds. The number of ether oxygens (including phenoxy) is 2. The van der Waals surface area contributed by atoms with Crippen LogP contribution in [0.1, 0.15) is 29.5 Å². The number of hydrogen-bond acceptors (Lipinski definition) is 3. The summed E-state index contributed by atoms with van der Waals surface area (Å²) in [6, 6.07) is 12.1. The standard InChI is InChI=1S/C20H20ClNO2/c1-23-16-10-11-17(24-2)20-18(16)12-7-5-8-13(12)19(22-20)14-6-3-4-9-15(14)21/h3-7,9-13,19,22H,8H2,1-2H3. The Hall–Kier alpha value is -2.13. The molecular formula is C20H20ClNO2. The molecule has 1 aliphatic carbocycles. The van der Waals surface area contributed by atoms with E-state index in [1.165, 1.54) is 5.56 Å². The summed E-state index contributed by atoms with van der Waals surface area (Å²) in [6.45, 7) is 0. The number of halogens is 1. The summed E-state index contributed by atoms with van der Waals surface area (Å²) in [4.78, 5) is 0. The number of fused-ring (bicyclic) bond motifs is 3. The van der Waals surface area contributed by atoms with Crippen molar-refractivity contribution in [3.63, 3.8) is 0 Å². The molecule has 124 valence electrons. The van der Waals surface area contributed by atoms with E-state index in [2.05, 4.69) is 23.5 Å². The van der Waals surface area contributed by atoms with Crippen LogP contribution in [0.2, 0.25) is 5.02 Å². The monoisotopic (exact) mass is 341 g/mol. The molecule has 3 nitrogen and oxygen atoms in total. The maximum Gasteiger partial charge on any atom is 0.142 e. The number of hydrogen-bond donors (Lipinski definition) is 1. The van der Waals surface area contributed by atoms with Gasteiger partial charge in [-0.1, -0.05) is 42.0 Å². The van der Waals surface area contributed by atoms with E-state index in [1.807, 2.05) is 30.3 Å². The van der Waals surface area contributed by atoms with Gasteiger partial charge in [-0.2, -0.15) is 0 Å². The summed E-state index contributed by atoms with van der Waals surface area (Å²) in [6.07, 6.45) is 5.57. The second-order valence-electron chi connectivity index (χ2n) is 6.26. The first-order valence-corrected chi connectivity index (χ1v) is 8.55. The minimum Gasteiger partial charge on any atom is -0.496 e. The smallest absolute Gasteiger partial charge is 0.142 e. The van der Waals surface area contributed by atoms with Gasteiger partial charge in [0.1, 0.15) is 11.5 Å². The SMILES string of the molecule is COc1ccc(OC)c2c1NC(c1ccccc1Cl)C1CC=CC21. The molecule has 3 unspecified atom stereocenters. The number of methoxy groups -OCH3 is 2. The zero-order valence-electron chi connectivity index (χ0n) is 13.8. The predicted molar refractivity (Wildman–Crippen MR) is 97.3 cm³/mol. The molecule has 1 heterocycles. The molecule has 1 N–H and O–H groups in total. The lowest BCUT2D eigenvalue weighted by atomic mass is 9.76. The molecule has 0 saturated carbocycles. The van der Waals surface area contributed by atoms with Crippen LogP contribution < -0.4 is 14.8 Å². The van der Waals surface area contributed by atoms with Gasteiger partial charge in [-0.15, -0.1) is 0 Å². The van der Waals surface area contributed by atoms with Crippen molar-refractivity contribution in [2.75, 3.05) is 19.5 Å². The van der Waals surface area contributed by atoms with Crippen molar-refractivity contribution in [1.82, 2.24) is 0 Å². The van der Waals surface area contributed by atoms with E-state index in [-0.39, 0.29) is 6.04 Å². The van der Waals surface area contributed by atoms with Gasteiger partial charge in [-0.05, 0) is 36.1 Å². The van der Waals surface area contributed by atoms with Crippen LogP contribution in [0.3, 0.4) is 0 Å². The highest BCUT2D eigenvalue weighted by molar-refractivity contribution is 6.31. The Morgan fingerprint density at radius 3 is 2.54 bits per heavy atom. The van der Waals surface area contributed by atoms with Crippen LogP contribution in [-0.2, 0) is 0 Å². The van der Waals surface area contributed by atoms with Gasteiger partial charge in [0.05, 0.1) is 25.9 Å². The van der Waals surface area contributed by atoms with Crippen LogP contribution in [0.5, 0.6) is 11.5 Å². The van der Waals surface area contributed by atoms with Crippen LogP contribution >= 0.6 is 11.6 Å². The van der Waals surface area contributed by atoms with Gasteiger partial charge in [0.2, 0.25) is 0 Å². The summed E-state index contributed by atoms with van der Waals surface area (Å²) in [5.74, 6) is 2.45. The maximum absolute atomic E-state index is 6.49.